The molecule has 0 aliphatic heterocycles. The Bertz CT molecular complexity index is 1010. The normalized spacial score (nSPS) is 12.0. The standard InChI is InChI=1S/C21H24N4O3/c1-4-25-14(2)10-11-17(21(25)27)20-23-19(28-24-20)13-12-18(26)22-15(3)16-8-6-5-7-9-16/h5-11,15H,4,12-13H2,1-3H3,(H,22,26)/t15-/m0/s1. The predicted octanol–water partition coefficient (Wildman–Crippen LogP) is 3.04. The number of aromatic nitrogens is 3. The zero-order valence-corrected chi connectivity index (χ0v) is 16.3. The summed E-state index contributed by atoms with van der Waals surface area (Å²) in [5, 5.41) is 6.86. The van der Waals surface area contributed by atoms with Crippen LogP contribution in [0.4, 0.5) is 0 Å². The SMILES string of the molecule is CCn1c(C)ccc(-c2noc(CCC(=O)N[C@@H](C)c3ccccc3)n2)c1=O. The molecule has 1 amide bonds. The number of hydrogen-bond donors (Lipinski definition) is 1. The van der Waals surface area contributed by atoms with Gasteiger partial charge < -0.3 is 14.4 Å². The average Bonchev–Trinajstić information content (AvgIpc) is 3.16. The van der Waals surface area contributed by atoms with Crippen molar-refractivity contribution >= 4 is 5.91 Å². The Hall–Kier alpha value is -3.22. The Kier molecular flexibility index (Phi) is 6.03. The number of hydrogen-bond acceptors (Lipinski definition) is 5. The van der Waals surface area contributed by atoms with E-state index in [-0.39, 0.29) is 29.8 Å². The molecular formula is C21H24N4O3. The monoisotopic (exact) mass is 380 g/mol. The van der Waals surface area contributed by atoms with Crippen LogP contribution < -0.4 is 10.9 Å². The van der Waals surface area contributed by atoms with Gasteiger partial charge in [0.15, 0.2) is 0 Å². The Labute approximate surface area is 163 Å². The summed E-state index contributed by atoms with van der Waals surface area (Å²) in [5.41, 5.74) is 2.17. The van der Waals surface area contributed by atoms with Gasteiger partial charge in [0.25, 0.3) is 5.56 Å². The molecule has 0 fully saturated rings. The number of aryl methyl sites for hydroxylation is 2. The molecule has 1 N–H and O–H groups in total. The number of rotatable bonds is 7. The third kappa shape index (κ3) is 4.36. The van der Waals surface area contributed by atoms with Crippen molar-refractivity contribution in [2.75, 3.05) is 0 Å². The minimum absolute atomic E-state index is 0.0768. The molecule has 0 bridgehead atoms. The van der Waals surface area contributed by atoms with E-state index in [9.17, 15) is 9.59 Å². The van der Waals surface area contributed by atoms with Crippen LogP contribution in [0.5, 0.6) is 0 Å². The summed E-state index contributed by atoms with van der Waals surface area (Å²) in [4.78, 5) is 29.0. The molecule has 3 rings (SSSR count). The van der Waals surface area contributed by atoms with Gasteiger partial charge in [-0.3, -0.25) is 9.59 Å². The highest BCUT2D eigenvalue weighted by molar-refractivity contribution is 5.76. The van der Waals surface area contributed by atoms with Crippen LogP contribution in [0.15, 0.2) is 51.8 Å². The van der Waals surface area contributed by atoms with E-state index < -0.39 is 0 Å². The number of nitrogens with one attached hydrogen (secondary N) is 1. The van der Waals surface area contributed by atoms with E-state index in [1.54, 1.807) is 10.6 Å². The molecule has 3 aromatic rings. The van der Waals surface area contributed by atoms with Crippen molar-refractivity contribution in [1.29, 1.82) is 0 Å². The van der Waals surface area contributed by atoms with E-state index in [0.29, 0.717) is 24.4 Å². The van der Waals surface area contributed by atoms with E-state index >= 15 is 0 Å². The molecular weight excluding hydrogens is 356 g/mol. The lowest BCUT2D eigenvalue weighted by Gasteiger charge is -2.13. The first-order chi connectivity index (χ1) is 13.5. The minimum Gasteiger partial charge on any atom is -0.350 e. The van der Waals surface area contributed by atoms with Crippen LogP contribution in [0.3, 0.4) is 0 Å². The summed E-state index contributed by atoms with van der Waals surface area (Å²) in [6.07, 6.45) is 0.542. The molecule has 146 valence electrons. The fourth-order valence-electron chi connectivity index (χ4n) is 3.06. The Balaban J connectivity index is 1.62. The molecule has 0 radical (unpaired) electrons. The highest BCUT2D eigenvalue weighted by Gasteiger charge is 2.16. The summed E-state index contributed by atoms with van der Waals surface area (Å²) in [6, 6.07) is 13.2. The van der Waals surface area contributed by atoms with Crippen molar-refractivity contribution in [3.63, 3.8) is 0 Å². The largest absolute Gasteiger partial charge is 0.350 e. The lowest BCUT2D eigenvalue weighted by Crippen LogP contribution is -2.26. The molecule has 28 heavy (non-hydrogen) atoms. The number of carbonyl (C=O) groups is 1. The fourth-order valence-corrected chi connectivity index (χ4v) is 3.06. The quantitative estimate of drug-likeness (QED) is 0.680. The van der Waals surface area contributed by atoms with Gasteiger partial charge in [0.2, 0.25) is 17.6 Å². The van der Waals surface area contributed by atoms with Gasteiger partial charge in [0, 0.05) is 25.1 Å². The maximum absolute atomic E-state index is 12.5. The number of amides is 1. The van der Waals surface area contributed by atoms with E-state index in [2.05, 4.69) is 15.5 Å². The Morgan fingerprint density at radius 2 is 1.96 bits per heavy atom. The van der Waals surface area contributed by atoms with Gasteiger partial charge in [0.1, 0.15) is 0 Å². The zero-order chi connectivity index (χ0) is 20.1. The molecule has 7 nitrogen and oxygen atoms in total. The molecule has 1 aromatic carbocycles. The van der Waals surface area contributed by atoms with Gasteiger partial charge in [-0.25, -0.2) is 0 Å². The Morgan fingerprint density at radius 1 is 1.21 bits per heavy atom. The van der Waals surface area contributed by atoms with Crippen LogP contribution in [-0.2, 0) is 17.8 Å². The van der Waals surface area contributed by atoms with Crippen molar-refractivity contribution in [3.8, 4) is 11.4 Å². The van der Waals surface area contributed by atoms with Crippen molar-refractivity contribution < 1.29 is 9.32 Å². The molecule has 0 unspecified atom stereocenters. The predicted molar refractivity (Wildman–Crippen MR) is 106 cm³/mol. The first-order valence-corrected chi connectivity index (χ1v) is 9.37. The highest BCUT2D eigenvalue weighted by Crippen LogP contribution is 2.14. The molecule has 0 saturated heterocycles. The lowest BCUT2D eigenvalue weighted by atomic mass is 10.1. The average molecular weight is 380 g/mol. The topological polar surface area (TPSA) is 90.0 Å². The maximum Gasteiger partial charge on any atom is 0.261 e. The van der Waals surface area contributed by atoms with Crippen LogP contribution in [0, 0.1) is 6.92 Å². The number of nitrogens with zero attached hydrogens (tertiary/aromatic N) is 3. The highest BCUT2D eigenvalue weighted by atomic mass is 16.5. The zero-order valence-electron chi connectivity index (χ0n) is 16.3. The molecule has 2 aromatic heterocycles. The van der Waals surface area contributed by atoms with E-state index in [4.69, 9.17) is 4.52 Å². The fraction of sp³-hybridized carbons (Fsp3) is 0.333. The van der Waals surface area contributed by atoms with Crippen LogP contribution >= 0.6 is 0 Å². The summed E-state index contributed by atoms with van der Waals surface area (Å²) in [7, 11) is 0. The van der Waals surface area contributed by atoms with Gasteiger partial charge in [-0.05, 0) is 38.5 Å². The smallest absolute Gasteiger partial charge is 0.261 e. The number of benzene rings is 1. The van der Waals surface area contributed by atoms with Gasteiger partial charge in [-0.1, -0.05) is 35.5 Å². The van der Waals surface area contributed by atoms with Crippen molar-refractivity contribution in [3.05, 3.63) is 70.0 Å². The molecule has 0 spiro atoms. The molecule has 1 atom stereocenters. The molecule has 0 saturated carbocycles. The summed E-state index contributed by atoms with van der Waals surface area (Å²) >= 11 is 0. The van der Waals surface area contributed by atoms with Gasteiger partial charge in [-0.2, -0.15) is 4.98 Å². The van der Waals surface area contributed by atoms with Crippen molar-refractivity contribution in [1.82, 2.24) is 20.0 Å². The molecule has 2 heterocycles. The summed E-state index contributed by atoms with van der Waals surface area (Å²) in [5.74, 6) is 0.487. The summed E-state index contributed by atoms with van der Waals surface area (Å²) < 4.78 is 6.89. The number of carbonyl (C=O) groups excluding carboxylic acids is 1. The Morgan fingerprint density at radius 3 is 2.68 bits per heavy atom. The van der Waals surface area contributed by atoms with E-state index in [1.807, 2.05) is 57.2 Å². The van der Waals surface area contributed by atoms with Crippen molar-refractivity contribution in [2.45, 2.75) is 46.2 Å². The van der Waals surface area contributed by atoms with Crippen molar-refractivity contribution in [2.24, 2.45) is 0 Å². The van der Waals surface area contributed by atoms with Crippen LogP contribution in [0.1, 0.15) is 43.5 Å². The molecule has 0 aliphatic rings. The second-order valence-corrected chi connectivity index (χ2v) is 6.65. The maximum atomic E-state index is 12.5. The van der Waals surface area contributed by atoms with Gasteiger partial charge in [0.05, 0.1) is 11.6 Å². The lowest BCUT2D eigenvalue weighted by molar-refractivity contribution is -0.121. The third-order valence-electron chi connectivity index (χ3n) is 4.66. The first-order valence-electron chi connectivity index (χ1n) is 9.37. The first kappa shape index (κ1) is 19.5. The molecule has 0 aliphatic carbocycles. The van der Waals surface area contributed by atoms with Gasteiger partial charge >= 0.3 is 0 Å². The number of pyridine rings is 1. The van der Waals surface area contributed by atoms with Crippen LogP contribution in [0.2, 0.25) is 0 Å². The van der Waals surface area contributed by atoms with Gasteiger partial charge in [-0.15, -0.1) is 0 Å². The second-order valence-electron chi connectivity index (χ2n) is 6.65. The van der Waals surface area contributed by atoms with Crippen LogP contribution in [-0.4, -0.2) is 20.6 Å². The molecule has 7 heteroatoms. The van der Waals surface area contributed by atoms with E-state index in [1.165, 1.54) is 0 Å². The second kappa shape index (κ2) is 8.65. The van der Waals surface area contributed by atoms with Crippen LogP contribution in [0.25, 0.3) is 11.4 Å². The minimum atomic E-state index is -0.149. The third-order valence-corrected chi connectivity index (χ3v) is 4.66. The summed E-state index contributed by atoms with van der Waals surface area (Å²) in [6.45, 7) is 6.30. The van der Waals surface area contributed by atoms with E-state index in [0.717, 1.165) is 11.3 Å².